The third-order valence-corrected chi connectivity index (χ3v) is 3.97. The second-order valence-corrected chi connectivity index (χ2v) is 6.45. The van der Waals surface area contributed by atoms with E-state index < -0.39 is 0 Å². The Hall–Kier alpha value is -2.67. The van der Waals surface area contributed by atoms with E-state index in [1.807, 2.05) is 38.1 Å². The molecule has 1 amide bonds. The summed E-state index contributed by atoms with van der Waals surface area (Å²) in [4.78, 5) is 16.3. The van der Waals surface area contributed by atoms with Gasteiger partial charge in [-0.3, -0.25) is 4.79 Å². The Bertz CT molecular complexity index is 873. The number of carbonyl (C=O) groups is 1. The number of anilines is 1. The molecule has 0 saturated heterocycles. The molecule has 7 heteroatoms. The van der Waals surface area contributed by atoms with Crippen LogP contribution in [-0.2, 0) is 4.79 Å². The molecule has 0 fully saturated rings. The fraction of sp³-hybridized carbons (Fsp3) is 0.167. The monoisotopic (exact) mass is 400 g/mol. The molecule has 0 spiro atoms. The van der Waals surface area contributed by atoms with Gasteiger partial charge in [0.25, 0.3) is 5.91 Å². The number of pyridine rings is 1. The van der Waals surface area contributed by atoms with Gasteiger partial charge in [-0.15, -0.1) is 0 Å². The Morgan fingerprint density at radius 3 is 2.56 bits per heavy atom. The van der Waals surface area contributed by atoms with Gasteiger partial charge in [0.05, 0.1) is 17.6 Å². The van der Waals surface area contributed by atoms with Crippen LogP contribution in [0.2, 0.25) is 0 Å². The summed E-state index contributed by atoms with van der Waals surface area (Å²) >= 11 is 3.35. The molecule has 0 atom stereocenters. The number of aromatic nitrogens is 3. The maximum absolute atomic E-state index is 12.0. The zero-order valence-electron chi connectivity index (χ0n) is 13.9. The van der Waals surface area contributed by atoms with Crippen molar-refractivity contribution >= 4 is 27.5 Å². The van der Waals surface area contributed by atoms with E-state index in [-0.39, 0.29) is 12.5 Å². The Morgan fingerprint density at radius 1 is 1.20 bits per heavy atom. The van der Waals surface area contributed by atoms with E-state index >= 15 is 0 Å². The zero-order valence-corrected chi connectivity index (χ0v) is 15.4. The van der Waals surface area contributed by atoms with E-state index in [1.165, 1.54) is 0 Å². The summed E-state index contributed by atoms with van der Waals surface area (Å²) in [6.45, 7) is 3.83. The second-order valence-electron chi connectivity index (χ2n) is 5.53. The van der Waals surface area contributed by atoms with Crippen molar-refractivity contribution < 1.29 is 9.53 Å². The first-order valence-corrected chi connectivity index (χ1v) is 8.48. The van der Waals surface area contributed by atoms with Crippen LogP contribution in [0, 0.1) is 13.8 Å². The Balaban J connectivity index is 1.58. The number of benzene rings is 1. The van der Waals surface area contributed by atoms with Crippen LogP contribution >= 0.6 is 15.9 Å². The van der Waals surface area contributed by atoms with Crippen LogP contribution < -0.4 is 10.1 Å². The lowest BCUT2D eigenvalue weighted by atomic mass is 10.3. The van der Waals surface area contributed by atoms with Crippen LogP contribution in [-0.4, -0.2) is 27.3 Å². The van der Waals surface area contributed by atoms with Crippen molar-refractivity contribution in [2.24, 2.45) is 0 Å². The summed E-state index contributed by atoms with van der Waals surface area (Å²) in [5.74, 6) is 1.09. The van der Waals surface area contributed by atoms with Gasteiger partial charge < -0.3 is 10.1 Å². The predicted molar refractivity (Wildman–Crippen MR) is 99.1 cm³/mol. The SMILES string of the molecule is Cc1cc(C)n(-c2ccc(NC(=O)COc3ccc(Br)cc3)cn2)n1. The normalized spacial score (nSPS) is 10.5. The molecule has 6 nitrogen and oxygen atoms in total. The fourth-order valence-electron chi connectivity index (χ4n) is 2.32. The number of carbonyl (C=O) groups excluding carboxylic acids is 1. The number of amides is 1. The number of halogens is 1. The number of aryl methyl sites for hydroxylation is 2. The summed E-state index contributed by atoms with van der Waals surface area (Å²) in [5.41, 5.74) is 2.54. The third-order valence-electron chi connectivity index (χ3n) is 3.44. The second kappa shape index (κ2) is 7.48. The molecule has 1 aromatic carbocycles. The summed E-state index contributed by atoms with van der Waals surface area (Å²) in [6.07, 6.45) is 1.60. The van der Waals surface area contributed by atoms with Crippen LogP contribution in [0.4, 0.5) is 5.69 Å². The average Bonchev–Trinajstić information content (AvgIpc) is 2.93. The summed E-state index contributed by atoms with van der Waals surface area (Å²) in [6, 6.07) is 12.9. The highest BCUT2D eigenvalue weighted by Gasteiger charge is 2.07. The molecule has 0 unspecified atom stereocenters. The van der Waals surface area contributed by atoms with E-state index in [1.54, 1.807) is 29.1 Å². The third kappa shape index (κ3) is 4.45. The lowest BCUT2D eigenvalue weighted by Gasteiger charge is -2.08. The highest BCUT2D eigenvalue weighted by molar-refractivity contribution is 9.10. The number of hydrogen-bond acceptors (Lipinski definition) is 4. The first-order chi connectivity index (χ1) is 12.0. The number of ether oxygens (including phenoxy) is 1. The van der Waals surface area contributed by atoms with E-state index in [0.29, 0.717) is 17.3 Å². The van der Waals surface area contributed by atoms with Crippen LogP contribution in [0.3, 0.4) is 0 Å². The number of nitrogens with zero attached hydrogens (tertiary/aromatic N) is 3. The Kier molecular flexibility index (Phi) is 5.14. The summed E-state index contributed by atoms with van der Waals surface area (Å²) < 4.78 is 8.16. The van der Waals surface area contributed by atoms with Crippen molar-refractivity contribution in [3.63, 3.8) is 0 Å². The highest BCUT2D eigenvalue weighted by atomic mass is 79.9. The molecule has 25 heavy (non-hydrogen) atoms. The minimum atomic E-state index is -0.247. The smallest absolute Gasteiger partial charge is 0.262 e. The van der Waals surface area contributed by atoms with Crippen molar-refractivity contribution in [2.75, 3.05) is 11.9 Å². The highest BCUT2D eigenvalue weighted by Crippen LogP contribution is 2.16. The first-order valence-electron chi connectivity index (χ1n) is 7.69. The molecule has 3 rings (SSSR count). The lowest BCUT2D eigenvalue weighted by Crippen LogP contribution is -2.20. The van der Waals surface area contributed by atoms with Crippen molar-refractivity contribution in [1.29, 1.82) is 0 Å². The van der Waals surface area contributed by atoms with Gasteiger partial charge in [0, 0.05) is 10.2 Å². The van der Waals surface area contributed by atoms with Crippen LogP contribution in [0.1, 0.15) is 11.4 Å². The molecule has 3 aromatic rings. The van der Waals surface area contributed by atoms with Gasteiger partial charge in [0.1, 0.15) is 5.75 Å². The molecule has 2 aromatic heterocycles. The minimum Gasteiger partial charge on any atom is -0.484 e. The van der Waals surface area contributed by atoms with Gasteiger partial charge >= 0.3 is 0 Å². The summed E-state index contributed by atoms with van der Waals surface area (Å²) in [7, 11) is 0. The fourth-order valence-corrected chi connectivity index (χ4v) is 2.59. The van der Waals surface area contributed by atoms with Crippen LogP contribution in [0.5, 0.6) is 5.75 Å². The number of nitrogens with one attached hydrogen (secondary N) is 1. The average molecular weight is 401 g/mol. The van der Waals surface area contributed by atoms with Gasteiger partial charge in [-0.05, 0) is 56.3 Å². The van der Waals surface area contributed by atoms with Crippen molar-refractivity contribution in [3.05, 3.63) is 64.5 Å². The molecular weight excluding hydrogens is 384 g/mol. The molecule has 2 heterocycles. The molecule has 0 radical (unpaired) electrons. The van der Waals surface area contributed by atoms with Gasteiger partial charge in [0.15, 0.2) is 12.4 Å². The topological polar surface area (TPSA) is 69.0 Å². The Morgan fingerprint density at radius 2 is 1.96 bits per heavy atom. The van der Waals surface area contributed by atoms with E-state index in [4.69, 9.17) is 4.74 Å². The van der Waals surface area contributed by atoms with Crippen molar-refractivity contribution in [2.45, 2.75) is 13.8 Å². The molecular formula is C18H17BrN4O2. The van der Waals surface area contributed by atoms with Gasteiger partial charge in [-0.1, -0.05) is 15.9 Å². The maximum Gasteiger partial charge on any atom is 0.262 e. The van der Waals surface area contributed by atoms with E-state index in [2.05, 4.69) is 31.3 Å². The molecule has 0 bridgehead atoms. The van der Waals surface area contributed by atoms with Gasteiger partial charge in [-0.2, -0.15) is 5.10 Å². The molecule has 0 aliphatic heterocycles. The lowest BCUT2D eigenvalue weighted by molar-refractivity contribution is -0.118. The van der Waals surface area contributed by atoms with E-state index in [0.717, 1.165) is 15.9 Å². The van der Waals surface area contributed by atoms with Crippen LogP contribution in [0.25, 0.3) is 5.82 Å². The van der Waals surface area contributed by atoms with Crippen LogP contribution in [0.15, 0.2) is 53.1 Å². The molecule has 0 saturated carbocycles. The zero-order chi connectivity index (χ0) is 17.8. The first kappa shape index (κ1) is 17.2. The van der Waals surface area contributed by atoms with Crippen molar-refractivity contribution in [1.82, 2.24) is 14.8 Å². The predicted octanol–water partition coefficient (Wildman–Crippen LogP) is 3.66. The molecule has 0 aliphatic rings. The van der Waals surface area contributed by atoms with Gasteiger partial charge in [-0.25, -0.2) is 9.67 Å². The summed E-state index contributed by atoms with van der Waals surface area (Å²) in [5, 5.41) is 7.14. The minimum absolute atomic E-state index is 0.0686. The number of rotatable bonds is 5. The number of hydrogen-bond donors (Lipinski definition) is 1. The maximum atomic E-state index is 12.0. The van der Waals surface area contributed by atoms with Crippen molar-refractivity contribution in [3.8, 4) is 11.6 Å². The largest absolute Gasteiger partial charge is 0.484 e. The molecule has 0 aliphatic carbocycles. The quantitative estimate of drug-likeness (QED) is 0.709. The molecule has 1 N–H and O–H groups in total. The standard InChI is InChI=1S/C18H17BrN4O2/c1-12-9-13(2)23(22-12)17-8-5-15(10-20-17)21-18(24)11-25-16-6-3-14(19)4-7-16/h3-10H,11H2,1-2H3,(H,21,24). The Labute approximate surface area is 154 Å². The van der Waals surface area contributed by atoms with E-state index in [9.17, 15) is 4.79 Å². The molecule has 128 valence electrons. The van der Waals surface area contributed by atoms with Gasteiger partial charge in [0.2, 0.25) is 0 Å².